The Bertz CT molecular complexity index is 139. The lowest BCUT2D eigenvalue weighted by Crippen LogP contribution is -2.42. The van der Waals surface area contributed by atoms with E-state index in [2.05, 4.69) is 6.92 Å². The second-order valence-corrected chi connectivity index (χ2v) is 4.73. The maximum Gasteiger partial charge on any atom is 0.0653 e. The van der Waals surface area contributed by atoms with Crippen LogP contribution in [0.4, 0.5) is 0 Å². The van der Waals surface area contributed by atoms with Crippen LogP contribution in [0.25, 0.3) is 0 Å². The van der Waals surface area contributed by atoms with Gasteiger partial charge in [-0.2, -0.15) is 0 Å². The van der Waals surface area contributed by atoms with Crippen molar-refractivity contribution < 1.29 is 0 Å². The molecular weight excluding hydrogens is 157 g/mol. The molecule has 1 atom stereocenters. The first kappa shape index (κ1) is 11.1. The molecule has 2 heteroatoms. The Hall–Kier alpha value is 0.0249. The van der Waals surface area contributed by atoms with Crippen LogP contribution in [0.5, 0.6) is 0 Å². The molecule has 1 saturated carbocycles. The molecule has 0 heterocycles. The average molecular weight is 179 g/mol. The van der Waals surface area contributed by atoms with E-state index in [0.717, 1.165) is 25.1 Å². The van der Waals surface area contributed by atoms with Crippen LogP contribution in [0, 0.1) is 5.92 Å². The van der Waals surface area contributed by atoms with Gasteiger partial charge in [0, 0.05) is 5.54 Å². The summed E-state index contributed by atoms with van der Waals surface area (Å²) in [6, 6.07) is 0. The van der Waals surface area contributed by atoms with E-state index in [-0.39, 0.29) is 5.54 Å². The molecule has 1 aliphatic carbocycles. The van der Waals surface area contributed by atoms with Crippen LogP contribution in [0.2, 0.25) is 6.32 Å². The van der Waals surface area contributed by atoms with Gasteiger partial charge >= 0.3 is 0 Å². The van der Waals surface area contributed by atoms with Gasteiger partial charge in [0.2, 0.25) is 0 Å². The minimum absolute atomic E-state index is 0.0751. The van der Waals surface area contributed by atoms with Crippen LogP contribution >= 0.6 is 0 Å². The first-order chi connectivity index (χ1) is 6.17. The molecule has 0 aromatic rings. The zero-order chi connectivity index (χ0) is 9.73. The van der Waals surface area contributed by atoms with Crippen molar-refractivity contribution in [1.82, 2.24) is 0 Å². The summed E-state index contributed by atoms with van der Waals surface area (Å²) in [4.78, 5) is 0. The molecule has 0 bridgehead atoms. The molecule has 1 aliphatic rings. The van der Waals surface area contributed by atoms with Crippen molar-refractivity contribution in [2.24, 2.45) is 11.7 Å². The second kappa shape index (κ2) is 5.04. The van der Waals surface area contributed by atoms with Gasteiger partial charge in [-0.25, -0.2) is 0 Å². The van der Waals surface area contributed by atoms with Gasteiger partial charge in [0.1, 0.15) is 0 Å². The minimum atomic E-state index is 0.0751. The molecule has 0 spiro atoms. The third-order valence-corrected chi connectivity index (χ3v) is 3.46. The van der Waals surface area contributed by atoms with Gasteiger partial charge in [-0.3, -0.25) is 0 Å². The maximum atomic E-state index is 6.32. The largest absolute Gasteiger partial charge is 0.325 e. The number of nitrogens with two attached hydrogens (primary N) is 1. The van der Waals surface area contributed by atoms with Crippen LogP contribution in [0.15, 0.2) is 0 Å². The SMILES string of the molecule is [B]CCCCC(C)(N)C1CCCC1. The monoisotopic (exact) mass is 179 g/mol. The molecule has 0 amide bonds. The predicted octanol–water partition coefficient (Wildman–Crippen LogP) is 2.65. The van der Waals surface area contributed by atoms with Crippen molar-refractivity contribution in [2.75, 3.05) is 0 Å². The van der Waals surface area contributed by atoms with E-state index in [1.807, 2.05) is 0 Å². The summed E-state index contributed by atoms with van der Waals surface area (Å²) in [6.07, 6.45) is 9.73. The first-order valence-electron chi connectivity index (χ1n) is 5.66. The van der Waals surface area contributed by atoms with Gasteiger partial charge in [-0.1, -0.05) is 32.0 Å². The van der Waals surface area contributed by atoms with Crippen LogP contribution in [0.1, 0.15) is 51.9 Å². The summed E-state index contributed by atoms with van der Waals surface area (Å²) in [7, 11) is 5.47. The first-order valence-corrected chi connectivity index (χ1v) is 5.66. The van der Waals surface area contributed by atoms with Crippen molar-refractivity contribution in [3.8, 4) is 0 Å². The van der Waals surface area contributed by atoms with Crippen molar-refractivity contribution in [1.29, 1.82) is 0 Å². The van der Waals surface area contributed by atoms with Gasteiger partial charge < -0.3 is 5.73 Å². The molecule has 0 aromatic heterocycles. The zero-order valence-electron chi connectivity index (χ0n) is 8.89. The summed E-state index contributed by atoms with van der Waals surface area (Å²) < 4.78 is 0. The van der Waals surface area contributed by atoms with Crippen molar-refractivity contribution in [3.63, 3.8) is 0 Å². The summed E-state index contributed by atoms with van der Waals surface area (Å²) >= 11 is 0. The number of rotatable bonds is 5. The normalized spacial score (nSPS) is 23.2. The van der Waals surface area contributed by atoms with E-state index in [4.69, 9.17) is 13.6 Å². The maximum absolute atomic E-state index is 6.32. The highest BCUT2D eigenvalue weighted by Gasteiger charge is 2.31. The Balaban J connectivity index is 2.26. The molecule has 1 rings (SSSR count). The van der Waals surface area contributed by atoms with E-state index >= 15 is 0 Å². The lowest BCUT2D eigenvalue weighted by Gasteiger charge is -2.31. The summed E-state index contributed by atoms with van der Waals surface area (Å²) in [6.45, 7) is 2.22. The van der Waals surface area contributed by atoms with Gasteiger partial charge in [0.15, 0.2) is 0 Å². The summed E-state index contributed by atoms with van der Waals surface area (Å²) in [5, 5.41) is 0. The molecule has 1 nitrogen and oxygen atoms in total. The fraction of sp³-hybridized carbons (Fsp3) is 1.00. The molecule has 1 unspecified atom stereocenters. The quantitative estimate of drug-likeness (QED) is 0.509. The van der Waals surface area contributed by atoms with E-state index < -0.39 is 0 Å². The van der Waals surface area contributed by atoms with Gasteiger partial charge in [-0.15, -0.1) is 0 Å². The van der Waals surface area contributed by atoms with Crippen molar-refractivity contribution in [2.45, 2.75) is 63.7 Å². The van der Waals surface area contributed by atoms with E-state index in [0.29, 0.717) is 0 Å². The predicted molar refractivity (Wildman–Crippen MR) is 59.0 cm³/mol. The number of hydrogen-bond acceptors (Lipinski definition) is 1. The number of unbranched alkanes of at least 4 members (excludes halogenated alkanes) is 1. The molecule has 0 saturated heterocycles. The summed E-state index contributed by atoms with van der Waals surface area (Å²) in [5.74, 6) is 0.769. The standard InChI is InChI=1S/C11H22BN/c1-11(13,8-4-5-9-12)10-6-2-3-7-10/h10H,2-9,13H2,1H3. The second-order valence-electron chi connectivity index (χ2n) is 4.73. The van der Waals surface area contributed by atoms with Crippen LogP contribution < -0.4 is 5.73 Å². The Labute approximate surface area is 83.9 Å². The van der Waals surface area contributed by atoms with E-state index in [1.54, 1.807) is 0 Å². The van der Waals surface area contributed by atoms with Crippen LogP contribution in [0.3, 0.4) is 0 Å². The van der Waals surface area contributed by atoms with Gasteiger partial charge in [0.05, 0.1) is 7.85 Å². The smallest absolute Gasteiger partial charge is 0.0653 e. The van der Waals surface area contributed by atoms with Crippen LogP contribution in [-0.2, 0) is 0 Å². The minimum Gasteiger partial charge on any atom is -0.325 e. The molecule has 13 heavy (non-hydrogen) atoms. The molecule has 1 fully saturated rings. The third-order valence-electron chi connectivity index (χ3n) is 3.46. The molecular formula is C11H22BN. The lowest BCUT2D eigenvalue weighted by atomic mass is 9.80. The topological polar surface area (TPSA) is 26.0 Å². The number of hydrogen-bond donors (Lipinski definition) is 1. The van der Waals surface area contributed by atoms with Crippen molar-refractivity contribution >= 4 is 7.85 Å². The van der Waals surface area contributed by atoms with Crippen LogP contribution in [-0.4, -0.2) is 13.4 Å². The average Bonchev–Trinajstić information content (AvgIpc) is 2.56. The highest BCUT2D eigenvalue weighted by atomic mass is 14.7. The van der Waals surface area contributed by atoms with Gasteiger partial charge in [-0.05, 0) is 32.1 Å². The van der Waals surface area contributed by atoms with Gasteiger partial charge in [0.25, 0.3) is 0 Å². The highest BCUT2D eigenvalue weighted by Crippen LogP contribution is 2.35. The Kier molecular flexibility index (Phi) is 4.31. The summed E-state index contributed by atoms with van der Waals surface area (Å²) in [5.41, 5.74) is 6.40. The zero-order valence-corrected chi connectivity index (χ0v) is 8.89. The highest BCUT2D eigenvalue weighted by molar-refractivity contribution is 6.08. The fourth-order valence-electron chi connectivity index (χ4n) is 2.44. The molecule has 0 aliphatic heterocycles. The Morgan fingerprint density at radius 1 is 1.31 bits per heavy atom. The molecule has 2 radical (unpaired) electrons. The lowest BCUT2D eigenvalue weighted by molar-refractivity contribution is 0.274. The fourth-order valence-corrected chi connectivity index (χ4v) is 2.44. The molecule has 2 N–H and O–H groups in total. The molecule has 74 valence electrons. The van der Waals surface area contributed by atoms with E-state index in [1.165, 1.54) is 32.1 Å². The Morgan fingerprint density at radius 3 is 2.46 bits per heavy atom. The third kappa shape index (κ3) is 3.34. The van der Waals surface area contributed by atoms with Crippen molar-refractivity contribution in [3.05, 3.63) is 0 Å². The van der Waals surface area contributed by atoms with E-state index in [9.17, 15) is 0 Å². The Morgan fingerprint density at radius 2 is 1.92 bits per heavy atom. The molecule has 0 aromatic carbocycles.